The van der Waals surface area contributed by atoms with Gasteiger partial charge in [0.2, 0.25) is 5.95 Å². The van der Waals surface area contributed by atoms with Gasteiger partial charge in [-0.25, -0.2) is 4.39 Å². The van der Waals surface area contributed by atoms with Gasteiger partial charge in [-0.05, 0) is 54.5 Å². The van der Waals surface area contributed by atoms with Crippen LogP contribution < -0.4 is 10.6 Å². The van der Waals surface area contributed by atoms with Crippen LogP contribution in [0.2, 0.25) is 0 Å². The third-order valence-electron chi connectivity index (χ3n) is 5.01. The minimum atomic E-state index is -0.780. The molecule has 1 atom stereocenters. The van der Waals surface area contributed by atoms with Crippen molar-refractivity contribution in [1.29, 1.82) is 0 Å². The molecule has 2 N–H and O–H groups in total. The molecule has 0 radical (unpaired) electrons. The van der Waals surface area contributed by atoms with E-state index < -0.39 is 11.9 Å². The zero-order chi connectivity index (χ0) is 19.8. The van der Waals surface area contributed by atoms with Gasteiger partial charge in [-0.1, -0.05) is 35.4 Å². The van der Waals surface area contributed by atoms with E-state index in [-0.39, 0.29) is 5.91 Å². The van der Waals surface area contributed by atoms with Crippen molar-refractivity contribution >= 4 is 17.5 Å². The topological polar surface area (TPSA) is 84.7 Å². The van der Waals surface area contributed by atoms with Crippen molar-refractivity contribution in [3.05, 3.63) is 76.2 Å². The summed E-state index contributed by atoms with van der Waals surface area (Å²) in [5, 5.41) is 17.5. The molecule has 0 fully saturated rings. The molecule has 8 heteroatoms. The van der Waals surface area contributed by atoms with Crippen LogP contribution in [0, 0.1) is 19.7 Å². The number of anilines is 2. The maximum Gasteiger partial charge on any atom is 0.255 e. The Labute approximate surface area is 161 Å². The first-order valence-corrected chi connectivity index (χ1v) is 8.85. The number of fused-ring (bicyclic) bond motifs is 1. The van der Waals surface area contributed by atoms with Gasteiger partial charge in [0.05, 0.1) is 5.57 Å². The Hall–Kier alpha value is -3.55. The number of halogens is 1. The van der Waals surface area contributed by atoms with Gasteiger partial charge in [-0.3, -0.25) is 4.79 Å². The van der Waals surface area contributed by atoms with E-state index in [1.165, 1.54) is 10.7 Å². The maximum absolute atomic E-state index is 14.6. The second-order valence-electron chi connectivity index (χ2n) is 6.74. The van der Waals surface area contributed by atoms with Gasteiger partial charge in [0.25, 0.3) is 5.91 Å². The molecule has 0 saturated carbocycles. The number of amides is 1. The number of tetrazole rings is 1. The second kappa shape index (κ2) is 6.88. The van der Waals surface area contributed by atoms with Crippen LogP contribution in [0.15, 0.2) is 53.7 Å². The maximum atomic E-state index is 14.6. The third-order valence-corrected chi connectivity index (χ3v) is 5.01. The average molecular weight is 378 g/mol. The van der Waals surface area contributed by atoms with Gasteiger partial charge in [-0.2, -0.15) is 4.68 Å². The summed E-state index contributed by atoms with van der Waals surface area (Å²) in [5.74, 6) is -0.414. The predicted octanol–water partition coefficient (Wildman–Crippen LogP) is 3.36. The van der Waals surface area contributed by atoms with E-state index in [1.54, 1.807) is 25.1 Å². The molecule has 2 aromatic carbocycles. The average Bonchev–Trinajstić information content (AvgIpc) is 3.13. The van der Waals surface area contributed by atoms with Gasteiger partial charge in [0.1, 0.15) is 11.9 Å². The Kier molecular flexibility index (Phi) is 4.38. The smallest absolute Gasteiger partial charge is 0.255 e. The highest BCUT2D eigenvalue weighted by Crippen LogP contribution is 2.36. The summed E-state index contributed by atoms with van der Waals surface area (Å²) >= 11 is 0. The van der Waals surface area contributed by atoms with Crippen LogP contribution in [0.4, 0.5) is 16.0 Å². The fourth-order valence-corrected chi connectivity index (χ4v) is 3.37. The molecular formula is C20H19FN6O. The van der Waals surface area contributed by atoms with Crippen LogP contribution in [0.1, 0.15) is 29.7 Å². The highest BCUT2D eigenvalue weighted by atomic mass is 19.1. The number of hydrogen-bond donors (Lipinski definition) is 2. The summed E-state index contributed by atoms with van der Waals surface area (Å²) in [6.45, 7) is 5.68. The first-order valence-electron chi connectivity index (χ1n) is 8.85. The molecule has 1 aromatic heterocycles. The molecule has 1 aliphatic heterocycles. The number of rotatable bonds is 3. The number of hydrogen-bond acceptors (Lipinski definition) is 5. The lowest BCUT2D eigenvalue weighted by molar-refractivity contribution is -0.113. The van der Waals surface area contributed by atoms with Crippen LogP contribution >= 0.6 is 0 Å². The highest BCUT2D eigenvalue weighted by molar-refractivity contribution is 6.06. The molecule has 1 amide bonds. The highest BCUT2D eigenvalue weighted by Gasteiger charge is 2.35. The normalized spacial score (nSPS) is 15.8. The molecule has 142 valence electrons. The van der Waals surface area contributed by atoms with Gasteiger partial charge < -0.3 is 10.6 Å². The summed E-state index contributed by atoms with van der Waals surface area (Å²) in [5.41, 5.74) is 3.99. The Morgan fingerprint density at radius 3 is 2.71 bits per heavy atom. The molecule has 4 rings (SSSR count). The molecule has 2 heterocycles. The quantitative estimate of drug-likeness (QED) is 0.730. The Morgan fingerprint density at radius 2 is 1.93 bits per heavy atom. The zero-order valence-electron chi connectivity index (χ0n) is 15.7. The van der Waals surface area contributed by atoms with Crippen molar-refractivity contribution in [2.75, 3.05) is 10.6 Å². The van der Waals surface area contributed by atoms with Gasteiger partial charge in [0.15, 0.2) is 0 Å². The van der Waals surface area contributed by atoms with Crippen LogP contribution in [0.5, 0.6) is 0 Å². The molecule has 1 unspecified atom stereocenters. The van der Waals surface area contributed by atoms with E-state index in [0.29, 0.717) is 28.5 Å². The van der Waals surface area contributed by atoms with E-state index in [2.05, 4.69) is 26.2 Å². The minimum absolute atomic E-state index is 0.322. The van der Waals surface area contributed by atoms with Crippen LogP contribution in [0.25, 0.3) is 0 Å². The zero-order valence-corrected chi connectivity index (χ0v) is 15.7. The summed E-state index contributed by atoms with van der Waals surface area (Å²) in [4.78, 5) is 13.3. The SMILES string of the molecule is CC1=C(C(=O)Nc2cccc(C)c2C)C(c2ccccc2F)n2nnnc2N1. The molecule has 0 aliphatic carbocycles. The Bertz CT molecular complexity index is 1100. The number of aryl methyl sites for hydroxylation is 1. The number of benzene rings is 2. The van der Waals surface area contributed by atoms with Crippen LogP contribution in [0.3, 0.4) is 0 Å². The molecule has 0 spiro atoms. The predicted molar refractivity (Wildman–Crippen MR) is 103 cm³/mol. The fraction of sp³-hybridized carbons (Fsp3) is 0.200. The molecule has 7 nitrogen and oxygen atoms in total. The van der Waals surface area contributed by atoms with Crippen molar-refractivity contribution in [3.8, 4) is 0 Å². The first-order chi connectivity index (χ1) is 13.5. The lowest BCUT2D eigenvalue weighted by Gasteiger charge is -2.28. The first kappa shape index (κ1) is 17.8. The van der Waals surface area contributed by atoms with Crippen molar-refractivity contribution < 1.29 is 9.18 Å². The number of carbonyl (C=O) groups excluding carboxylic acids is 1. The van der Waals surface area contributed by atoms with Crippen molar-refractivity contribution in [1.82, 2.24) is 20.2 Å². The van der Waals surface area contributed by atoms with E-state index in [9.17, 15) is 9.18 Å². The monoisotopic (exact) mass is 378 g/mol. The van der Waals surface area contributed by atoms with Gasteiger partial charge in [-0.15, -0.1) is 0 Å². The molecule has 3 aromatic rings. The summed E-state index contributed by atoms with van der Waals surface area (Å²) in [7, 11) is 0. The molecule has 28 heavy (non-hydrogen) atoms. The summed E-state index contributed by atoms with van der Waals surface area (Å²) in [6.07, 6.45) is 0. The van der Waals surface area contributed by atoms with Gasteiger partial charge in [0, 0.05) is 16.9 Å². The van der Waals surface area contributed by atoms with E-state index in [4.69, 9.17) is 0 Å². The number of nitrogens with zero attached hydrogens (tertiary/aromatic N) is 4. The van der Waals surface area contributed by atoms with Crippen LogP contribution in [-0.2, 0) is 4.79 Å². The number of nitrogens with one attached hydrogen (secondary N) is 2. The third kappa shape index (κ3) is 2.92. The van der Waals surface area contributed by atoms with Crippen molar-refractivity contribution in [2.24, 2.45) is 0 Å². The number of allylic oxidation sites excluding steroid dienone is 1. The van der Waals surface area contributed by atoms with Crippen molar-refractivity contribution in [3.63, 3.8) is 0 Å². The Balaban J connectivity index is 1.80. The number of carbonyl (C=O) groups is 1. The Morgan fingerprint density at radius 1 is 1.14 bits per heavy atom. The summed E-state index contributed by atoms with van der Waals surface area (Å²) in [6, 6.07) is 11.2. The second-order valence-corrected chi connectivity index (χ2v) is 6.74. The van der Waals surface area contributed by atoms with Crippen LogP contribution in [-0.4, -0.2) is 26.1 Å². The molecular weight excluding hydrogens is 359 g/mol. The van der Waals surface area contributed by atoms with Crippen molar-refractivity contribution in [2.45, 2.75) is 26.8 Å². The molecule has 0 saturated heterocycles. The lowest BCUT2D eigenvalue weighted by Crippen LogP contribution is -2.32. The van der Waals surface area contributed by atoms with E-state index >= 15 is 0 Å². The lowest BCUT2D eigenvalue weighted by atomic mass is 9.94. The van der Waals surface area contributed by atoms with E-state index in [0.717, 1.165) is 11.1 Å². The molecule has 1 aliphatic rings. The molecule has 0 bridgehead atoms. The standard InChI is InChI=1S/C20H19FN6O/c1-11-7-6-10-16(12(11)2)23-19(28)17-13(3)22-20-24-25-26-27(20)18(17)14-8-4-5-9-15(14)21/h4-10,18H,1-3H3,(H,23,28)(H,22,24,26). The summed E-state index contributed by atoms with van der Waals surface area (Å²) < 4.78 is 16.0. The fourth-order valence-electron chi connectivity index (χ4n) is 3.37. The largest absolute Gasteiger partial charge is 0.326 e. The minimum Gasteiger partial charge on any atom is -0.326 e. The number of aromatic nitrogens is 4. The van der Waals surface area contributed by atoms with E-state index in [1.807, 2.05) is 32.0 Å². The van der Waals surface area contributed by atoms with Gasteiger partial charge >= 0.3 is 0 Å².